The first kappa shape index (κ1) is 10.3. The molecule has 1 heterocycles. The molecule has 3 nitrogen and oxygen atoms in total. The number of rotatable bonds is 3. The molecule has 1 amide bonds. The molecular weight excluding hydrogens is 232 g/mol. The van der Waals surface area contributed by atoms with E-state index < -0.39 is 0 Å². The molecule has 0 spiro atoms. The molecule has 0 fully saturated rings. The minimum atomic E-state index is -0.129. The Balaban J connectivity index is 2.39. The van der Waals surface area contributed by atoms with Gasteiger partial charge in [-0.3, -0.25) is 4.79 Å². The Morgan fingerprint density at radius 2 is 2.46 bits per heavy atom. The summed E-state index contributed by atoms with van der Waals surface area (Å²) in [5, 5.41) is 2.81. The molecule has 0 bridgehead atoms. The van der Waals surface area contributed by atoms with Crippen LogP contribution >= 0.6 is 15.9 Å². The Bertz CT molecular complexity index is 294. The van der Waals surface area contributed by atoms with Crippen molar-refractivity contribution in [2.75, 3.05) is 0 Å². The van der Waals surface area contributed by atoms with E-state index in [2.05, 4.69) is 21.2 Å². The Morgan fingerprint density at radius 1 is 1.77 bits per heavy atom. The van der Waals surface area contributed by atoms with Crippen LogP contribution in [-0.4, -0.2) is 15.3 Å². The monoisotopic (exact) mass is 244 g/mol. The SMILES string of the molecule is CC(Br)C(=O)NCc1ccn(C)c1. The molecule has 13 heavy (non-hydrogen) atoms. The van der Waals surface area contributed by atoms with Crippen LogP contribution in [0.1, 0.15) is 12.5 Å². The molecule has 0 aliphatic heterocycles. The van der Waals surface area contributed by atoms with Crippen LogP contribution < -0.4 is 5.32 Å². The smallest absolute Gasteiger partial charge is 0.233 e. The van der Waals surface area contributed by atoms with E-state index in [0.717, 1.165) is 5.56 Å². The summed E-state index contributed by atoms with van der Waals surface area (Å²) in [6, 6.07) is 1.99. The van der Waals surface area contributed by atoms with Crippen molar-refractivity contribution in [3.05, 3.63) is 24.0 Å². The summed E-state index contributed by atoms with van der Waals surface area (Å²) in [7, 11) is 1.96. The van der Waals surface area contributed by atoms with Crippen LogP contribution in [0.4, 0.5) is 0 Å². The average Bonchev–Trinajstić information content (AvgIpc) is 2.47. The van der Waals surface area contributed by atoms with Crippen molar-refractivity contribution in [2.24, 2.45) is 7.05 Å². The van der Waals surface area contributed by atoms with Crippen molar-refractivity contribution < 1.29 is 4.79 Å². The second-order valence-corrected chi connectivity index (χ2v) is 4.39. The van der Waals surface area contributed by atoms with Crippen molar-refractivity contribution in [3.8, 4) is 0 Å². The zero-order valence-electron chi connectivity index (χ0n) is 7.75. The van der Waals surface area contributed by atoms with E-state index in [1.807, 2.05) is 30.1 Å². The quantitative estimate of drug-likeness (QED) is 0.803. The number of amides is 1. The largest absolute Gasteiger partial charge is 0.357 e. The van der Waals surface area contributed by atoms with Crippen molar-refractivity contribution >= 4 is 21.8 Å². The molecule has 72 valence electrons. The van der Waals surface area contributed by atoms with Gasteiger partial charge in [0.2, 0.25) is 5.91 Å². The molecule has 1 atom stereocenters. The summed E-state index contributed by atoms with van der Waals surface area (Å²) in [6.45, 7) is 2.40. The third kappa shape index (κ3) is 3.22. The van der Waals surface area contributed by atoms with E-state index in [9.17, 15) is 4.79 Å². The van der Waals surface area contributed by atoms with Crippen LogP contribution in [0.3, 0.4) is 0 Å². The molecule has 0 saturated heterocycles. The summed E-state index contributed by atoms with van der Waals surface area (Å²) >= 11 is 3.20. The van der Waals surface area contributed by atoms with E-state index in [1.54, 1.807) is 6.92 Å². The van der Waals surface area contributed by atoms with Crippen molar-refractivity contribution in [2.45, 2.75) is 18.3 Å². The fourth-order valence-corrected chi connectivity index (χ4v) is 1.16. The fourth-order valence-electron chi connectivity index (χ4n) is 0.995. The van der Waals surface area contributed by atoms with Gasteiger partial charge in [0.1, 0.15) is 0 Å². The molecule has 0 radical (unpaired) electrons. The van der Waals surface area contributed by atoms with Crippen LogP contribution in [0.5, 0.6) is 0 Å². The molecule has 0 aliphatic rings. The molecule has 1 aromatic heterocycles. The second-order valence-electron chi connectivity index (χ2n) is 3.02. The van der Waals surface area contributed by atoms with Crippen LogP contribution in [-0.2, 0) is 18.4 Å². The zero-order chi connectivity index (χ0) is 9.84. The van der Waals surface area contributed by atoms with Gasteiger partial charge in [-0.1, -0.05) is 15.9 Å². The van der Waals surface area contributed by atoms with Crippen LogP contribution in [0, 0.1) is 0 Å². The number of hydrogen-bond donors (Lipinski definition) is 1. The lowest BCUT2D eigenvalue weighted by atomic mass is 10.3. The highest BCUT2D eigenvalue weighted by molar-refractivity contribution is 9.10. The number of hydrogen-bond acceptors (Lipinski definition) is 1. The van der Waals surface area contributed by atoms with E-state index in [0.29, 0.717) is 6.54 Å². The number of nitrogens with one attached hydrogen (secondary N) is 1. The molecule has 0 aromatic carbocycles. The first-order chi connectivity index (χ1) is 6.09. The van der Waals surface area contributed by atoms with Crippen molar-refractivity contribution in [3.63, 3.8) is 0 Å². The van der Waals surface area contributed by atoms with Gasteiger partial charge in [0.25, 0.3) is 0 Å². The second kappa shape index (κ2) is 4.46. The van der Waals surface area contributed by atoms with Gasteiger partial charge in [-0.15, -0.1) is 0 Å². The summed E-state index contributed by atoms with van der Waals surface area (Å²) in [5.41, 5.74) is 1.11. The lowest BCUT2D eigenvalue weighted by molar-refractivity contribution is -0.120. The number of aromatic nitrogens is 1. The maximum absolute atomic E-state index is 11.2. The van der Waals surface area contributed by atoms with Gasteiger partial charge in [-0.2, -0.15) is 0 Å². The molecule has 1 aromatic rings. The van der Waals surface area contributed by atoms with E-state index >= 15 is 0 Å². The van der Waals surface area contributed by atoms with Gasteiger partial charge in [-0.05, 0) is 18.6 Å². The van der Waals surface area contributed by atoms with Crippen LogP contribution in [0.25, 0.3) is 0 Å². The number of halogens is 1. The number of aryl methyl sites for hydroxylation is 1. The maximum Gasteiger partial charge on any atom is 0.233 e. The average molecular weight is 245 g/mol. The highest BCUT2D eigenvalue weighted by Crippen LogP contribution is 2.01. The minimum absolute atomic E-state index is 0.0175. The minimum Gasteiger partial charge on any atom is -0.357 e. The van der Waals surface area contributed by atoms with E-state index in [1.165, 1.54) is 0 Å². The number of alkyl halides is 1. The number of carbonyl (C=O) groups is 1. The molecule has 1 rings (SSSR count). The van der Waals surface area contributed by atoms with Gasteiger partial charge < -0.3 is 9.88 Å². The Labute approximate surface area is 86.3 Å². The molecule has 4 heteroatoms. The fraction of sp³-hybridized carbons (Fsp3) is 0.444. The van der Waals surface area contributed by atoms with Crippen LogP contribution in [0.15, 0.2) is 18.5 Å². The summed E-state index contributed by atoms with van der Waals surface area (Å²) < 4.78 is 1.96. The standard InChI is InChI=1S/C9H13BrN2O/c1-7(10)9(13)11-5-8-3-4-12(2)6-8/h3-4,6-7H,5H2,1-2H3,(H,11,13). The molecular formula is C9H13BrN2O. The third-order valence-corrected chi connectivity index (χ3v) is 2.14. The summed E-state index contributed by atoms with van der Waals surface area (Å²) in [4.78, 5) is 11.0. The molecule has 0 aliphatic carbocycles. The Morgan fingerprint density at radius 3 is 2.92 bits per heavy atom. The lowest BCUT2D eigenvalue weighted by Crippen LogP contribution is -2.28. The van der Waals surface area contributed by atoms with Crippen LogP contribution in [0.2, 0.25) is 0 Å². The Kier molecular flexibility index (Phi) is 3.54. The van der Waals surface area contributed by atoms with Gasteiger partial charge in [0, 0.05) is 26.0 Å². The third-order valence-electron chi connectivity index (χ3n) is 1.72. The highest BCUT2D eigenvalue weighted by Gasteiger charge is 2.07. The highest BCUT2D eigenvalue weighted by atomic mass is 79.9. The molecule has 1 N–H and O–H groups in total. The maximum atomic E-state index is 11.2. The lowest BCUT2D eigenvalue weighted by Gasteiger charge is -2.04. The van der Waals surface area contributed by atoms with Crippen molar-refractivity contribution in [1.82, 2.24) is 9.88 Å². The van der Waals surface area contributed by atoms with Gasteiger partial charge >= 0.3 is 0 Å². The zero-order valence-corrected chi connectivity index (χ0v) is 9.34. The summed E-state index contributed by atoms with van der Waals surface area (Å²) in [6.07, 6.45) is 3.94. The van der Waals surface area contributed by atoms with Gasteiger partial charge in [0.05, 0.1) is 4.83 Å². The first-order valence-electron chi connectivity index (χ1n) is 4.12. The number of nitrogens with zero attached hydrogens (tertiary/aromatic N) is 1. The van der Waals surface area contributed by atoms with Gasteiger partial charge in [-0.25, -0.2) is 0 Å². The topological polar surface area (TPSA) is 34.0 Å². The van der Waals surface area contributed by atoms with Crippen molar-refractivity contribution in [1.29, 1.82) is 0 Å². The normalized spacial score (nSPS) is 12.5. The molecule has 0 saturated carbocycles. The Hall–Kier alpha value is -0.770. The first-order valence-corrected chi connectivity index (χ1v) is 5.04. The predicted octanol–water partition coefficient (Wildman–Crippen LogP) is 1.42. The number of carbonyl (C=O) groups excluding carboxylic acids is 1. The summed E-state index contributed by atoms with van der Waals surface area (Å²) in [5.74, 6) is 0.0175. The molecule has 1 unspecified atom stereocenters. The van der Waals surface area contributed by atoms with Gasteiger partial charge in [0.15, 0.2) is 0 Å². The predicted molar refractivity (Wildman–Crippen MR) is 55.6 cm³/mol. The van der Waals surface area contributed by atoms with E-state index in [4.69, 9.17) is 0 Å². The van der Waals surface area contributed by atoms with E-state index in [-0.39, 0.29) is 10.7 Å².